The lowest BCUT2D eigenvalue weighted by atomic mass is 10.2. The second-order valence-electron chi connectivity index (χ2n) is 6.75. The standard InChI is InChI=1S/C22H26N2O4/c1-2-27-19-11-13-20(14-12-19)28-15-3-4-21(25)23-17-7-9-18(10-8-17)24-22(26)16-5-6-16/h7-14,16H,2-6,15H2,1H3,(H,23,25)(H,24,26). The lowest BCUT2D eigenvalue weighted by Crippen LogP contribution is -2.14. The molecule has 148 valence electrons. The van der Waals surface area contributed by atoms with Gasteiger partial charge in [-0.05, 0) is 74.7 Å². The van der Waals surface area contributed by atoms with Gasteiger partial charge >= 0.3 is 0 Å². The number of amides is 2. The van der Waals surface area contributed by atoms with E-state index in [2.05, 4.69) is 10.6 Å². The van der Waals surface area contributed by atoms with Crippen molar-refractivity contribution in [1.82, 2.24) is 0 Å². The number of hydrogen-bond donors (Lipinski definition) is 2. The quantitative estimate of drug-likeness (QED) is 0.603. The molecule has 2 N–H and O–H groups in total. The van der Waals surface area contributed by atoms with Crippen molar-refractivity contribution in [3.8, 4) is 11.5 Å². The van der Waals surface area contributed by atoms with Crippen molar-refractivity contribution in [3.63, 3.8) is 0 Å². The minimum atomic E-state index is -0.0648. The molecule has 1 saturated carbocycles. The summed E-state index contributed by atoms with van der Waals surface area (Å²) >= 11 is 0. The summed E-state index contributed by atoms with van der Waals surface area (Å²) in [6.07, 6.45) is 2.94. The Labute approximate surface area is 165 Å². The lowest BCUT2D eigenvalue weighted by Gasteiger charge is -2.09. The molecule has 2 aromatic rings. The molecule has 0 bridgehead atoms. The first-order valence-electron chi connectivity index (χ1n) is 9.70. The monoisotopic (exact) mass is 382 g/mol. The fourth-order valence-electron chi connectivity index (χ4n) is 2.67. The van der Waals surface area contributed by atoms with Gasteiger partial charge in [0.15, 0.2) is 0 Å². The summed E-state index contributed by atoms with van der Waals surface area (Å²) in [7, 11) is 0. The lowest BCUT2D eigenvalue weighted by molar-refractivity contribution is -0.117. The van der Waals surface area contributed by atoms with Gasteiger partial charge in [0, 0.05) is 23.7 Å². The third-order valence-corrected chi connectivity index (χ3v) is 4.34. The number of anilines is 2. The second kappa shape index (κ2) is 9.78. The van der Waals surface area contributed by atoms with Crippen molar-refractivity contribution in [1.29, 1.82) is 0 Å². The molecule has 2 aromatic carbocycles. The zero-order valence-corrected chi connectivity index (χ0v) is 16.1. The molecule has 0 unspecified atom stereocenters. The number of carbonyl (C=O) groups excluding carboxylic acids is 2. The topological polar surface area (TPSA) is 76.7 Å². The van der Waals surface area contributed by atoms with Gasteiger partial charge < -0.3 is 20.1 Å². The maximum atomic E-state index is 12.0. The third-order valence-electron chi connectivity index (χ3n) is 4.34. The molecule has 0 atom stereocenters. The minimum Gasteiger partial charge on any atom is -0.494 e. The number of rotatable bonds is 10. The van der Waals surface area contributed by atoms with Gasteiger partial charge in [-0.3, -0.25) is 9.59 Å². The predicted octanol–water partition coefficient (Wildman–Crippen LogP) is 4.23. The van der Waals surface area contributed by atoms with Gasteiger partial charge in [0.2, 0.25) is 11.8 Å². The van der Waals surface area contributed by atoms with Crippen LogP contribution in [-0.2, 0) is 9.59 Å². The number of carbonyl (C=O) groups is 2. The Morgan fingerprint density at radius 2 is 1.46 bits per heavy atom. The molecule has 3 rings (SSSR count). The fraction of sp³-hybridized carbons (Fsp3) is 0.364. The smallest absolute Gasteiger partial charge is 0.227 e. The van der Waals surface area contributed by atoms with Gasteiger partial charge in [-0.15, -0.1) is 0 Å². The Hall–Kier alpha value is -3.02. The van der Waals surface area contributed by atoms with E-state index in [0.717, 1.165) is 30.0 Å². The first-order valence-corrected chi connectivity index (χ1v) is 9.70. The SMILES string of the molecule is CCOc1ccc(OCCCC(=O)Nc2ccc(NC(=O)C3CC3)cc2)cc1. The summed E-state index contributed by atoms with van der Waals surface area (Å²) in [6, 6.07) is 14.6. The number of ether oxygens (including phenoxy) is 2. The van der Waals surface area contributed by atoms with E-state index in [1.807, 2.05) is 31.2 Å². The highest BCUT2D eigenvalue weighted by molar-refractivity contribution is 5.95. The Morgan fingerprint density at radius 3 is 2.04 bits per heavy atom. The average Bonchev–Trinajstić information content (AvgIpc) is 3.54. The van der Waals surface area contributed by atoms with Crippen LogP contribution in [0.15, 0.2) is 48.5 Å². The van der Waals surface area contributed by atoms with E-state index in [1.54, 1.807) is 24.3 Å². The molecule has 28 heavy (non-hydrogen) atoms. The molecule has 0 spiro atoms. The van der Waals surface area contributed by atoms with Crippen LogP contribution in [0.25, 0.3) is 0 Å². The molecule has 6 heteroatoms. The van der Waals surface area contributed by atoms with Crippen molar-refractivity contribution in [3.05, 3.63) is 48.5 Å². The average molecular weight is 382 g/mol. The zero-order valence-electron chi connectivity index (χ0n) is 16.1. The predicted molar refractivity (Wildman–Crippen MR) is 109 cm³/mol. The summed E-state index contributed by atoms with van der Waals surface area (Å²) in [6.45, 7) is 3.04. The van der Waals surface area contributed by atoms with Crippen LogP contribution in [0.2, 0.25) is 0 Å². The maximum absolute atomic E-state index is 12.0. The Bertz CT molecular complexity index is 783. The molecule has 0 aliphatic heterocycles. The van der Waals surface area contributed by atoms with E-state index >= 15 is 0 Å². The maximum Gasteiger partial charge on any atom is 0.227 e. The van der Waals surface area contributed by atoms with Crippen molar-refractivity contribution in [2.45, 2.75) is 32.6 Å². The van der Waals surface area contributed by atoms with Crippen molar-refractivity contribution in [2.24, 2.45) is 5.92 Å². The Morgan fingerprint density at radius 1 is 0.893 bits per heavy atom. The van der Waals surface area contributed by atoms with Crippen molar-refractivity contribution < 1.29 is 19.1 Å². The highest BCUT2D eigenvalue weighted by Crippen LogP contribution is 2.30. The molecular weight excluding hydrogens is 356 g/mol. The summed E-state index contributed by atoms with van der Waals surface area (Å²) in [4.78, 5) is 23.8. The van der Waals surface area contributed by atoms with E-state index in [1.165, 1.54) is 0 Å². The highest BCUT2D eigenvalue weighted by Gasteiger charge is 2.29. The first-order chi connectivity index (χ1) is 13.6. The second-order valence-corrected chi connectivity index (χ2v) is 6.75. The molecule has 6 nitrogen and oxygen atoms in total. The summed E-state index contributed by atoms with van der Waals surface area (Å²) in [5.41, 5.74) is 1.46. The molecule has 2 amide bonds. The number of hydrogen-bond acceptors (Lipinski definition) is 4. The van der Waals surface area contributed by atoms with Gasteiger partial charge in [0.25, 0.3) is 0 Å². The number of benzene rings is 2. The van der Waals surface area contributed by atoms with Crippen LogP contribution in [0.5, 0.6) is 11.5 Å². The van der Waals surface area contributed by atoms with Crippen LogP contribution in [0, 0.1) is 5.92 Å². The number of nitrogens with one attached hydrogen (secondary N) is 2. The summed E-state index contributed by atoms with van der Waals surface area (Å²) < 4.78 is 11.0. The highest BCUT2D eigenvalue weighted by atomic mass is 16.5. The summed E-state index contributed by atoms with van der Waals surface area (Å²) in [5, 5.41) is 5.73. The molecule has 0 saturated heterocycles. The normalized spacial score (nSPS) is 12.9. The molecule has 0 heterocycles. The molecule has 0 radical (unpaired) electrons. The zero-order chi connectivity index (χ0) is 19.8. The van der Waals surface area contributed by atoms with Crippen molar-refractivity contribution in [2.75, 3.05) is 23.8 Å². The van der Waals surface area contributed by atoms with Crippen molar-refractivity contribution >= 4 is 23.2 Å². The van der Waals surface area contributed by atoms with Gasteiger partial charge in [-0.2, -0.15) is 0 Å². The fourth-order valence-corrected chi connectivity index (χ4v) is 2.67. The van der Waals surface area contributed by atoms with Crippen LogP contribution in [0.3, 0.4) is 0 Å². The molecular formula is C22H26N2O4. The summed E-state index contributed by atoms with van der Waals surface area (Å²) in [5.74, 6) is 1.75. The Kier molecular flexibility index (Phi) is 6.89. The Balaban J connectivity index is 1.34. The molecule has 1 fully saturated rings. The molecule has 1 aliphatic rings. The first kappa shape index (κ1) is 19.7. The van der Waals surface area contributed by atoms with E-state index in [0.29, 0.717) is 31.7 Å². The minimum absolute atomic E-state index is 0.0648. The van der Waals surface area contributed by atoms with Gasteiger partial charge in [-0.25, -0.2) is 0 Å². The van der Waals surface area contributed by atoms with E-state index in [4.69, 9.17) is 9.47 Å². The molecule has 0 aromatic heterocycles. The van der Waals surface area contributed by atoms with E-state index in [9.17, 15) is 9.59 Å². The van der Waals surface area contributed by atoms with E-state index in [-0.39, 0.29) is 17.7 Å². The third kappa shape index (κ3) is 6.30. The largest absolute Gasteiger partial charge is 0.494 e. The van der Waals surface area contributed by atoms with Gasteiger partial charge in [-0.1, -0.05) is 0 Å². The van der Waals surface area contributed by atoms with Crippen LogP contribution in [0.1, 0.15) is 32.6 Å². The van der Waals surface area contributed by atoms with Gasteiger partial charge in [0.05, 0.1) is 13.2 Å². The van der Waals surface area contributed by atoms with Crippen LogP contribution >= 0.6 is 0 Å². The van der Waals surface area contributed by atoms with Crippen LogP contribution in [0.4, 0.5) is 11.4 Å². The van der Waals surface area contributed by atoms with E-state index < -0.39 is 0 Å². The van der Waals surface area contributed by atoms with Gasteiger partial charge in [0.1, 0.15) is 11.5 Å². The molecule has 1 aliphatic carbocycles. The van der Waals surface area contributed by atoms with Crippen LogP contribution < -0.4 is 20.1 Å². The van der Waals surface area contributed by atoms with Crippen LogP contribution in [-0.4, -0.2) is 25.0 Å².